The van der Waals surface area contributed by atoms with Gasteiger partial charge in [0.1, 0.15) is 17.3 Å². The molecule has 12 heteroatoms. The normalized spacial score (nSPS) is 16.6. The Labute approximate surface area is 237 Å². The van der Waals surface area contributed by atoms with E-state index in [1.165, 1.54) is 11.0 Å². The molecule has 0 aliphatic carbocycles. The fourth-order valence-electron chi connectivity index (χ4n) is 4.15. The Kier molecular flexibility index (Phi) is 8.02. The van der Waals surface area contributed by atoms with Crippen molar-refractivity contribution in [1.29, 1.82) is 0 Å². The van der Waals surface area contributed by atoms with E-state index in [0.29, 0.717) is 17.1 Å². The second kappa shape index (κ2) is 11.0. The SMILES string of the molecule is CC(C)(C)c1nnc(-c2cc3c(cc2F)S(=O)(=O)C[C@H](N)C(=O)N3Cc2ccc(Oc3ccccc3)cc2)o1.Cl. The number of ether oxygens (including phenoxy) is 1. The quantitative estimate of drug-likeness (QED) is 0.344. The smallest absolute Gasteiger partial charge is 0.250 e. The van der Waals surface area contributed by atoms with Gasteiger partial charge >= 0.3 is 0 Å². The van der Waals surface area contributed by atoms with Crippen molar-refractivity contribution in [2.24, 2.45) is 5.73 Å². The summed E-state index contributed by atoms with van der Waals surface area (Å²) >= 11 is 0. The van der Waals surface area contributed by atoms with E-state index in [2.05, 4.69) is 10.2 Å². The van der Waals surface area contributed by atoms with E-state index >= 15 is 4.39 Å². The predicted molar refractivity (Wildman–Crippen MR) is 150 cm³/mol. The third-order valence-electron chi connectivity index (χ3n) is 6.20. The maximum absolute atomic E-state index is 15.3. The van der Waals surface area contributed by atoms with Crippen molar-refractivity contribution in [2.45, 2.75) is 43.7 Å². The summed E-state index contributed by atoms with van der Waals surface area (Å²) in [5.74, 6) is -0.710. The number of hydrogen-bond donors (Lipinski definition) is 1. The molecular formula is C28H28ClFN4O5S. The number of carbonyl (C=O) groups excluding carboxylic acids is 1. The van der Waals surface area contributed by atoms with Gasteiger partial charge in [0.15, 0.2) is 9.84 Å². The molecule has 3 aromatic carbocycles. The molecule has 2 heterocycles. The summed E-state index contributed by atoms with van der Waals surface area (Å²) in [4.78, 5) is 14.3. The standard InChI is InChI=1S/C28H27FN4O5S.ClH/c1-28(2,3)27-32-31-25(38-27)20-13-23-24(14-21(20)29)39(35,36)16-22(30)26(34)33(23)15-17-9-11-19(12-10-17)37-18-7-5-4-6-8-18;/h4-14,22H,15-16,30H2,1-3H3;1H/t22-;/m0./s1. The number of sulfone groups is 1. The summed E-state index contributed by atoms with van der Waals surface area (Å²) in [7, 11) is -4.08. The van der Waals surface area contributed by atoms with Gasteiger partial charge in [0.05, 0.1) is 34.5 Å². The molecule has 0 saturated heterocycles. The highest BCUT2D eigenvalue weighted by molar-refractivity contribution is 7.91. The van der Waals surface area contributed by atoms with Crippen molar-refractivity contribution in [3.05, 3.63) is 84.0 Å². The lowest BCUT2D eigenvalue weighted by Gasteiger charge is -2.24. The number of nitrogens with two attached hydrogens (primary N) is 1. The second-order valence-corrected chi connectivity index (χ2v) is 12.3. The van der Waals surface area contributed by atoms with E-state index < -0.39 is 38.8 Å². The molecule has 1 atom stereocenters. The van der Waals surface area contributed by atoms with Gasteiger partial charge in [0.2, 0.25) is 11.8 Å². The molecule has 0 bridgehead atoms. The molecule has 1 aliphatic rings. The van der Waals surface area contributed by atoms with Gasteiger partial charge in [0, 0.05) is 5.41 Å². The van der Waals surface area contributed by atoms with Gasteiger partial charge in [-0.1, -0.05) is 51.1 Å². The first-order valence-corrected chi connectivity index (χ1v) is 13.9. The summed E-state index contributed by atoms with van der Waals surface area (Å²) in [6.45, 7) is 5.58. The zero-order chi connectivity index (χ0) is 27.9. The van der Waals surface area contributed by atoms with Gasteiger partial charge < -0.3 is 19.8 Å². The van der Waals surface area contributed by atoms with Crippen molar-refractivity contribution in [1.82, 2.24) is 10.2 Å². The number of benzene rings is 3. The van der Waals surface area contributed by atoms with Crippen LogP contribution in [0.4, 0.5) is 10.1 Å². The second-order valence-electron chi connectivity index (χ2n) is 10.3. The van der Waals surface area contributed by atoms with Crippen molar-refractivity contribution >= 4 is 33.8 Å². The first kappa shape index (κ1) is 29.2. The summed E-state index contributed by atoms with van der Waals surface area (Å²) in [6.07, 6.45) is 0. The number of nitrogens with zero attached hydrogens (tertiary/aromatic N) is 3. The zero-order valence-electron chi connectivity index (χ0n) is 22.0. The largest absolute Gasteiger partial charge is 0.457 e. The topological polar surface area (TPSA) is 129 Å². The summed E-state index contributed by atoms with van der Waals surface area (Å²) in [5.41, 5.74) is 6.07. The Morgan fingerprint density at radius 1 is 1.05 bits per heavy atom. The Bertz CT molecular complexity index is 1640. The third kappa shape index (κ3) is 5.86. The van der Waals surface area contributed by atoms with Crippen LogP contribution in [0.3, 0.4) is 0 Å². The molecule has 1 aliphatic heterocycles. The number of hydrogen-bond acceptors (Lipinski definition) is 8. The minimum Gasteiger partial charge on any atom is -0.457 e. The van der Waals surface area contributed by atoms with Gasteiger partial charge in [-0.25, -0.2) is 12.8 Å². The predicted octanol–water partition coefficient (Wildman–Crippen LogP) is 5.04. The van der Waals surface area contributed by atoms with E-state index in [1.54, 1.807) is 24.3 Å². The lowest BCUT2D eigenvalue weighted by molar-refractivity contribution is -0.119. The fourth-order valence-corrected chi connectivity index (χ4v) is 5.72. The van der Waals surface area contributed by atoms with Crippen LogP contribution in [0.25, 0.3) is 11.5 Å². The molecule has 0 fully saturated rings. The Hall–Kier alpha value is -3.80. The van der Waals surface area contributed by atoms with Crippen molar-refractivity contribution < 1.29 is 26.8 Å². The molecule has 0 spiro atoms. The van der Waals surface area contributed by atoms with Crippen LogP contribution in [0.1, 0.15) is 32.2 Å². The van der Waals surface area contributed by atoms with Crippen LogP contribution in [0.15, 0.2) is 76.0 Å². The summed E-state index contributed by atoms with van der Waals surface area (Å²) in [6, 6.07) is 17.1. The van der Waals surface area contributed by atoms with E-state index in [0.717, 1.165) is 6.07 Å². The number of carbonyl (C=O) groups is 1. The Morgan fingerprint density at radius 3 is 2.33 bits per heavy atom. The van der Waals surface area contributed by atoms with Crippen LogP contribution in [0, 0.1) is 5.82 Å². The number of para-hydroxylation sites is 1. The molecule has 0 unspecified atom stereocenters. The molecule has 0 radical (unpaired) electrons. The summed E-state index contributed by atoms with van der Waals surface area (Å²) < 4.78 is 53.0. The van der Waals surface area contributed by atoms with E-state index in [1.807, 2.05) is 51.1 Å². The molecule has 5 rings (SSSR count). The Balaban J connectivity index is 0.00000370. The summed E-state index contributed by atoms with van der Waals surface area (Å²) in [5, 5.41) is 7.96. The van der Waals surface area contributed by atoms with Crippen molar-refractivity contribution in [2.75, 3.05) is 10.7 Å². The highest BCUT2D eigenvalue weighted by Gasteiger charge is 2.37. The van der Waals surface area contributed by atoms with E-state index in [9.17, 15) is 13.2 Å². The van der Waals surface area contributed by atoms with Gasteiger partial charge in [-0.3, -0.25) is 4.79 Å². The van der Waals surface area contributed by atoms with Gasteiger partial charge in [-0.15, -0.1) is 22.6 Å². The number of halogens is 2. The molecule has 4 aromatic rings. The average Bonchev–Trinajstić information content (AvgIpc) is 3.37. The first-order chi connectivity index (χ1) is 18.4. The Morgan fingerprint density at radius 2 is 1.70 bits per heavy atom. The van der Waals surface area contributed by atoms with Crippen LogP contribution in [0.2, 0.25) is 0 Å². The van der Waals surface area contributed by atoms with Crippen LogP contribution in [0.5, 0.6) is 11.5 Å². The average molecular weight is 587 g/mol. The van der Waals surface area contributed by atoms with E-state index in [-0.39, 0.29) is 46.9 Å². The number of anilines is 1. The zero-order valence-corrected chi connectivity index (χ0v) is 23.6. The molecule has 40 heavy (non-hydrogen) atoms. The maximum atomic E-state index is 15.3. The number of amides is 1. The van der Waals surface area contributed by atoms with Gasteiger partial charge in [-0.2, -0.15) is 0 Å². The lowest BCUT2D eigenvalue weighted by Crippen LogP contribution is -2.45. The maximum Gasteiger partial charge on any atom is 0.250 e. The number of rotatable bonds is 5. The molecule has 0 saturated carbocycles. The minimum atomic E-state index is -4.08. The lowest BCUT2D eigenvalue weighted by atomic mass is 9.97. The number of aromatic nitrogens is 2. The highest BCUT2D eigenvalue weighted by Crippen LogP contribution is 2.37. The van der Waals surface area contributed by atoms with Gasteiger partial charge in [-0.05, 0) is 42.0 Å². The van der Waals surface area contributed by atoms with Crippen molar-refractivity contribution in [3.8, 4) is 23.0 Å². The molecule has 2 N–H and O–H groups in total. The van der Waals surface area contributed by atoms with Crippen LogP contribution < -0.4 is 15.4 Å². The van der Waals surface area contributed by atoms with Crippen LogP contribution in [-0.4, -0.2) is 36.3 Å². The molecule has 1 aromatic heterocycles. The van der Waals surface area contributed by atoms with E-state index in [4.69, 9.17) is 14.9 Å². The van der Waals surface area contributed by atoms with Crippen molar-refractivity contribution in [3.63, 3.8) is 0 Å². The van der Waals surface area contributed by atoms with Gasteiger partial charge in [0.25, 0.3) is 5.89 Å². The van der Waals surface area contributed by atoms with Crippen LogP contribution in [-0.2, 0) is 26.6 Å². The van der Waals surface area contributed by atoms with Crippen LogP contribution >= 0.6 is 12.4 Å². The minimum absolute atomic E-state index is 0. The highest BCUT2D eigenvalue weighted by atomic mass is 35.5. The molecule has 1 amide bonds. The molecular weight excluding hydrogens is 559 g/mol. The third-order valence-corrected chi connectivity index (χ3v) is 7.99. The first-order valence-electron chi connectivity index (χ1n) is 12.2. The number of fused-ring (bicyclic) bond motifs is 1. The molecule has 9 nitrogen and oxygen atoms in total. The fraction of sp³-hybridized carbons (Fsp3) is 0.250. The molecule has 210 valence electrons. The monoisotopic (exact) mass is 586 g/mol.